The summed E-state index contributed by atoms with van der Waals surface area (Å²) in [5.41, 5.74) is -0.369. The van der Waals surface area contributed by atoms with Crippen molar-refractivity contribution in [3.63, 3.8) is 0 Å². The summed E-state index contributed by atoms with van der Waals surface area (Å²) in [6.45, 7) is 5.32. The second-order valence-corrected chi connectivity index (χ2v) is 11.6. The van der Waals surface area contributed by atoms with Gasteiger partial charge in [0, 0.05) is 30.6 Å². The van der Waals surface area contributed by atoms with Gasteiger partial charge in [-0.05, 0) is 62.6 Å². The normalized spacial score (nSPS) is 12.8. The van der Waals surface area contributed by atoms with E-state index in [1.165, 1.54) is 11.0 Å². The maximum absolute atomic E-state index is 13.4. The van der Waals surface area contributed by atoms with E-state index in [-0.39, 0.29) is 49.5 Å². The van der Waals surface area contributed by atoms with Gasteiger partial charge in [-0.2, -0.15) is 13.2 Å². The summed E-state index contributed by atoms with van der Waals surface area (Å²) >= 11 is 5.97. The number of amides is 2. The van der Waals surface area contributed by atoms with E-state index in [0.717, 1.165) is 34.3 Å². The van der Waals surface area contributed by atoms with Gasteiger partial charge < -0.3 is 10.2 Å². The number of benzene rings is 2. The Kier molecular flexibility index (Phi) is 11.0. The SMILES string of the molecule is CCC(C(=O)NC(C)C)N(Cc1ccc(Cl)cc1)C(=O)CCCN(c1cccc(C(F)(F)F)c1)S(C)(=O)=O. The van der Waals surface area contributed by atoms with E-state index in [9.17, 15) is 31.2 Å². The van der Waals surface area contributed by atoms with Crippen LogP contribution >= 0.6 is 11.6 Å². The highest BCUT2D eigenvalue weighted by Crippen LogP contribution is 2.32. The summed E-state index contributed by atoms with van der Waals surface area (Å²) in [5.74, 6) is -0.699. The van der Waals surface area contributed by atoms with Crippen molar-refractivity contribution in [3.05, 3.63) is 64.7 Å². The minimum Gasteiger partial charge on any atom is -0.352 e. The van der Waals surface area contributed by atoms with Gasteiger partial charge >= 0.3 is 6.18 Å². The predicted octanol–water partition coefficient (Wildman–Crippen LogP) is 5.24. The second kappa shape index (κ2) is 13.3. The molecule has 7 nitrogen and oxygen atoms in total. The van der Waals surface area contributed by atoms with Crippen LogP contribution in [0.25, 0.3) is 0 Å². The number of nitrogens with one attached hydrogen (secondary N) is 1. The molecule has 2 aromatic carbocycles. The first-order valence-corrected chi connectivity index (χ1v) is 14.3. The van der Waals surface area contributed by atoms with Crippen LogP contribution in [0.5, 0.6) is 0 Å². The molecule has 2 amide bonds. The quantitative estimate of drug-likeness (QED) is 0.375. The fourth-order valence-corrected chi connectivity index (χ4v) is 5.01. The molecule has 38 heavy (non-hydrogen) atoms. The van der Waals surface area contributed by atoms with E-state index in [1.54, 1.807) is 31.2 Å². The standard InChI is InChI=1S/C26H33ClF3N3O4S/c1-5-23(25(35)31-18(2)3)32(17-19-11-13-21(27)14-12-19)24(34)10-7-15-33(38(4,36)37)22-9-6-8-20(16-22)26(28,29)30/h6,8-9,11-14,16,18,23H,5,7,10,15,17H2,1-4H3,(H,31,35). The van der Waals surface area contributed by atoms with Crippen LogP contribution in [0.3, 0.4) is 0 Å². The number of carbonyl (C=O) groups excluding carboxylic acids is 2. The maximum Gasteiger partial charge on any atom is 0.416 e. The molecule has 0 spiro atoms. The zero-order valence-electron chi connectivity index (χ0n) is 21.8. The lowest BCUT2D eigenvalue weighted by molar-refractivity contribution is -0.141. The first-order valence-electron chi connectivity index (χ1n) is 12.1. The average molecular weight is 576 g/mol. The first kappa shape index (κ1) is 31.4. The summed E-state index contributed by atoms with van der Waals surface area (Å²) < 4.78 is 65.2. The van der Waals surface area contributed by atoms with Crippen LogP contribution in [0.15, 0.2) is 48.5 Å². The minimum atomic E-state index is -4.64. The topological polar surface area (TPSA) is 86.8 Å². The molecule has 0 saturated heterocycles. The number of nitrogens with zero attached hydrogens (tertiary/aromatic N) is 2. The Bertz CT molecular complexity index is 1200. The van der Waals surface area contributed by atoms with E-state index in [4.69, 9.17) is 11.6 Å². The Morgan fingerprint density at radius 2 is 1.71 bits per heavy atom. The van der Waals surface area contributed by atoms with Crippen molar-refractivity contribution >= 4 is 39.1 Å². The lowest BCUT2D eigenvalue weighted by Gasteiger charge is -2.31. The molecule has 12 heteroatoms. The van der Waals surface area contributed by atoms with Crippen molar-refractivity contribution in [1.82, 2.24) is 10.2 Å². The van der Waals surface area contributed by atoms with Gasteiger partial charge in [-0.15, -0.1) is 0 Å². The van der Waals surface area contributed by atoms with Crippen LogP contribution in [0.2, 0.25) is 5.02 Å². The highest BCUT2D eigenvalue weighted by Gasteiger charge is 2.32. The Morgan fingerprint density at radius 1 is 1.08 bits per heavy atom. The molecule has 1 atom stereocenters. The second-order valence-electron chi connectivity index (χ2n) is 9.22. The maximum atomic E-state index is 13.4. The predicted molar refractivity (Wildman–Crippen MR) is 142 cm³/mol. The Morgan fingerprint density at radius 3 is 2.24 bits per heavy atom. The zero-order valence-corrected chi connectivity index (χ0v) is 23.3. The third kappa shape index (κ3) is 9.20. The van der Waals surface area contributed by atoms with Crippen LogP contribution < -0.4 is 9.62 Å². The summed E-state index contributed by atoms with van der Waals surface area (Å²) in [6.07, 6.45) is -3.49. The van der Waals surface area contributed by atoms with E-state index >= 15 is 0 Å². The molecule has 2 rings (SSSR count). The van der Waals surface area contributed by atoms with Crippen LogP contribution in [-0.4, -0.2) is 50.0 Å². The van der Waals surface area contributed by atoms with Gasteiger partial charge in [0.05, 0.1) is 17.5 Å². The molecule has 0 aromatic heterocycles. The molecule has 0 heterocycles. The fourth-order valence-electron chi connectivity index (χ4n) is 3.93. The zero-order chi connectivity index (χ0) is 28.7. The Hall–Kier alpha value is -2.79. The van der Waals surface area contributed by atoms with Gasteiger partial charge in [-0.25, -0.2) is 8.42 Å². The van der Waals surface area contributed by atoms with Gasteiger partial charge in [0.1, 0.15) is 6.04 Å². The molecule has 2 aromatic rings. The smallest absolute Gasteiger partial charge is 0.352 e. The molecule has 0 fully saturated rings. The number of rotatable bonds is 12. The van der Waals surface area contributed by atoms with Crippen molar-refractivity contribution in [2.75, 3.05) is 17.1 Å². The third-order valence-corrected chi connectivity index (χ3v) is 7.14. The fraction of sp³-hybridized carbons (Fsp3) is 0.462. The molecule has 0 aliphatic heterocycles. The molecule has 0 aliphatic rings. The molecule has 0 saturated carbocycles. The highest BCUT2D eigenvalue weighted by molar-refractivity contribution is 7.92. The minimum absolute atomic E-state index is 0.0293. The molecule has 1 N–H and O–H groups in total. The number of hydrogen-bond acceptors (Lipinski definition) is 4. The Labute approximate surface area is 227 Å². The summed E-state index contributed by atoms with van der Waals surface area (Å²) in [5, 5.41) is 3.34. The third-order valence-electron chi connectivity index (χ3n) is 5.70. The Balaban J connectivity index is 2.25. The summed E-state index contributed by atoms with van der Waals surface area (Å²) in [6, 6.07) is 9.96. The van der Waals surface area contributed by atoms with Crippen molar-refractivity contribution in [3.8, 4) is 0 Å². The molecule has 0 aliphatic carbocycles. The van der Waals surface area contributed by atoms with Crippen LogP contribution in [0.1, 0.15) is 51.2 Å². The van der Waals surface area contributed by atoms with E-state index in [2.05, 4.69) is 5.32 Å². The highest BCUT2D eigenvalue weighted by atomic mass is 35.5. The lowest BCUT2D eigenvalue weighted by atomic mass is 10.1. The number of carbonyl (C=O) groups is 2. The molecular weight excluding hydrogens is 543 g/mol. The summed E-state index contributed by atoms with van der Waals surface area (Å²) in [7, 11) is -3.93. The number of anilines is 1. The van der Waals surface area contributed by atoms with E-state index < -0.39 is 27.8 Å². The van der Waals surface area contributed by atoms with Crippen LogP contribution in [-0.2, 0) is 32.3 Å². The molecule has 0 radical (unpaired) electrons. The van der Waals surface area contributed by atoms with Crippen molar-refractivity contribution in [2.45, 2.75) is 64.8 Å². The van der Waals surface area contributed by atoms with Gasteiger partial charge in [-0.1, -0.05) is 36.7 Å². The first-order chi connectivity index (χ1) is 17.6. The van der Waals surface area contributed by atoms with Crippen molar-refractivity contribution in [1.29, 1.82) is 0 Å². The van der Waals surface area contributed by atoms with Gasteiger partial charge in [0.25, 0.3) is 0 Å². The molecule has 210 valence electrons. The van der Waals surface area contributed by atoms with Crippen LogP contribution in [0.4, 0.5) is 18.9 Å². The lowest BCUT2D eigenvalue weighted by Crippen LogP contribution is -2.50. The van der Waals surface area contributed by atoms with Gasteiger partial charge in [0.2, 0.25) is 21.8 Å². The van der Waals surface area contributed by atoms with Crippen molar-refractivity contribution in [2.24, 2.45) is 0 Å². The van der Waals surface area contributed by atoms with Gasteiger partial charge in [-0.3, -0.25) is 13.9 Å². The molecule has 1 unspecified atom stereocenters. The average Bonchev–Trinajstić information content (AvgIpc) is 2.81. The molecular formula is C26H33ClF3N3O4S. The van der Waals surface area contributed by atoms with Gasteiger partial charge in [0.15, 0.2) is 0 Å². The number of halogens is 4. The number of sulfonamides is 1. The summed E-state index contributed by atoms with van der Waals surface area (Å²) in [4.78, 5) is 27.7. The van der Waals surface area contributed by atoms with E-state index in [1.807, 2.05) is 13.8 Å². The van der Waals surface area contributed by atoms with Crippen molar-refractivity contribution < 1.29 is 31.2 Å². The largest absolute Gasteiger partial charge is 0.416 e. The van der Waals surface area contributed by atoms with Crippen LogP contribution in [0, 0.1) is 0 Å². The monoisotopic (exact) mass is 575 g/mol. The molecule has 0 bridgehead atoms. The van der Waals surface area contributed by atoms with E-state index in [0.29, 0.717) is 11.4 Å². The number of hydrogen-bond donors (Lipinski definition) is 1. The number of alkyl halides is 3.